The highest BCUT2D eigenvalue weighted by molar-refractivity contribution is 5.91. The highest BCUT2D eigenvalue weighted by atomic mass is 19.2. The van der Waals surface area contributed by atoms with Gasteiger partial charge in [-0.15, -0.1) is 6.58 Å². The molecule has 3 nitrogen and oxygen atoms in total. The Labute approximate surface area is 198 Å². The molecule has 0 aliphatic heterocycles. The zero-order chi connectivity index (χ0) is 24.2. The maximum Gasteiger partial charge on any atom is 0.346 e. The molecule has 6 heteroatoms. The van der Waals surface area contributed by atoms with Crippen molar-refractivity contribution >= 4 is 5.97 Å². The van der Waals surface area contributed by atoms with Gasteiger partial charge in [-0.2, -0.15) is 0 Å². The molecule has 0 bridgehead atoms. The monoisotopic (exact) mass is 470 g/mol. The van der Waals surface area contributed by atoms with Crippen molar-refractivity contribution in [2.24, 2.45) is 17.8 Å². The fourth-order valence-electron chi connectivity index (χ4n) is 5.43. The van der Waals surface area contributed by atoms with Gasteiger partial charge in [-0.1, -0.05) is 24.8 Å². The third kappa shape index (κ3) is 5.06. The Bertz CT molecular complexity index is 1080. The lowest BCUT2D eigenvalue weighted by Gasteiger charge is -2.41. The van der Waals surface area contributed by atoms with Gasteiger partial charge in [0.15, 0.2) is 23.2 Å². The van der Waals surface area contributed by atoms with Crippen molar-refractivity contribution in [2.45, 2.75) is 44.4 Å². The van der Waals surface area contributed by atoms with E-state index in [1.54, 1.807) is 0 Å². The van der Waals surface area contributed by atoms with E-state index in [1.165, 1.54) is 30.3 Å². The van der Waals surface area contributed by atoms with E-state index in [2.05, 4.69) is 13.2 Å². The topological polar surface area (TPSA) is 35.5 Å². The summed E-state index contributed by atoms with van der Waals surface area (Å²) < 4.78 is 54.2. The smallest absolute Gasteiger partial charge is 0.346 e. The summed E-state index contributed by atoms with van der Waals surface area (Å²) in [5, 5.41) is 0. The van der Waals surface area contributed by atoms with Crippen LogP contribution < -0.4 is 9.47 Å². The predicted molar refractivity (Wildman–Crippen MR) is 125 cm³/mol. The number of fused-ring (bicyclic) bond motifs is 1. The average molecular weight is 471 g/mol. The Morgan fingerprint density at radius 1 is 0.971 bits per heavy atom. The second-order valence-electron chi connectivity index (χ2n) is 9.25. The lowest BCUT2D eigenvalue weighted by atomic mass is 9.64. The summed E-state index contributed by atoms with van der Waals surface area (Å²) in [5.74, 6) is -2.62. The van der Waals surface area contributed by atoms with Crippen LogP contribution in [0.1, 0.15) is 60.4 Å². The zero-order valence-corrected chi connectivity index (χ0v) is 19.1. The summed E-state index contributed by atoms with van der Waals surface area (Å²) in [6.45, 7) is 7.52. The highest BCUT2D eigenvalue weighted by Gasteiger charge is 2.36. The largest absolute Gasteiger partial charge is 0.486 e. The van der Waals surface area contributed by atoms with Gasteiger partial charge in [-0.05, 0) is 86.0 Å². The van der Waals surface area contributed by atoms with E-state index < -0.39 is 29.0 Å². The third-order valence-electron chi connectivity index (χ3n) is 7.23. The van der Waals surface area contributed by atoms with Crippen LogP contribution in [0.15, 0.2) is 55.6 Å². The van der Waals surface area contributed by atoms with E-state index in [0.29, 0.717) is 23.3 Å². The first-order valence-electron chi connectivity index (χ1n) is 11.8. The number of esters is 1. The fourth-order valence-corrected chi connectivity index (χ4v) is 5.43. The summed E-state index contributed by atoms with van der Waals surface area (Å²) in [7, 11) is 0. The number of carbonyl (C=O) groups excluding carboxylic acids is 1. The maximum absolute atomic E-state index is 15.0. The molecule has 0 N–H and O–H groups in total. The highest BCUT2D eigenvalue weighted by Crippen LogP contribution is 2.48. The summed E-state index contributed by atoms with van der Waals surface area (Å²) in [4.78, 5) is 12.5. The minimum Gasteiger partial charge on any atom is -0.486 e. The molecule has 2 aromatic carbocycles. The van der Waals surface area contributed by atoms with E-state index in [-0.39, 0.29) is 24.0 Å². The van der Waals surface area contributed by atoms with Crippen molar-refractivity contribution < 1.29 is 27.4 Å². The molecule has 0 saturated heterocycles. The molecule has 0 radical (unpaired) electrons. The lowest BCUT2D eigenvalue weighted by molar-refractivity contribution is 0.0727. The fraction of sp³-hybridized carbons (Fsp3) is 0.393. The number of hydrogen-bond donors (Lipinski definition) is 0. The number of rotatable bonds is 7. The van der Waals surface area contributed by atoms with E-state index >= 15 is 4.39 Å². The third-order valence-corrected chi connectivity index (χ3v) is 7.23. The van der Waals surface area contributed by atoms with Crippen molar-refractivity contribution in [3.05, 3.63) is 84.2 Å². The van der Waals surface area contributed by atoms with Gasteiger partial charge in [-0.25, -0.2) is 18.0 Å². The molecule has 2 fully saturated rings. The molecule has 34 heavy (non-hydrogen) atoms. The summed E-state index contributed by atoms with van der Waals surface area (Å²) in [6, 6.07) is 6.32. The number of allylic oxidation sites excluding steroid dienone is 1. The molecule has 2 aliphatic carbocycles. The Kier molecular flexibility index (Phi) is 7.44. The molecule has 4 unspecified atom stereocenters. The van der Waals surface area contributed by atoms with Crippen molar-refractivity contribution in [1.29, 1.82) is 0 Å². The summed E-state index contributed by atoms with van der Waals surface area (Å²) in [5.41, 5.74) is -0.207. The average Bonchev–Trinajstić information content (AvgIpc) is 2.84. The maximum atomic E-state index is 15.0. The molecule has 4 atom stereocenters. The van der Waals surface area contributed by atoms with Crippen molar-refractivity contribution in [2.75, 3.05) is 6.61 Å². The van der Waals surface area contributed by atoms with Crippen LogP contribution in [-0.4, -0.2) is 12.6 Å². The Balaban J connectivity index is 1.45. The minimum absolute atomic E-state index is 0.0334. The summed E-state index contributed by atoms with van der Waals surface area (Å²) in [6.07, 6.45) is 9.43. The van der Waals surface area contributed by atoms with Crippen LogP contribution in [0.3, 0.4) is 0 Å². The van der Waals surface area contributed by atoms with Gasteiger partial charge in [0, 0.05) is 6.07 Å². The van der Waals surface area contributed by atoms with Gasteiger partial charge in [0.05, 0.1) is 5.56 Å². The molecule has 2 aromatic rings. The minimum atomic E-state index is -1.23. The number of carbonyl (C=O) groups is 1. The molecule has 0 aromatic heterocycles. The molecular formula is C28H29F3O3. The predicted octanol–water partition coefficient (Wildman–Crippen LogP) is 7.37. The van der Waals surface area contributed by atoms with Crippen molar-refractivity contribution in [1.82, 2.24) is 0 Å². The molecule has 2 saturated carbocycles. The molecule has 4 rings (SSSR count). The Hall–Kier alpha value is -3.02. The van der Waals surface area contributed by atoms with E-state index in [1.807, 2.05) is 6.08 Å². The first kappa shape index (κ1) is 24.1. The van der Waals surface area contributed by atoms with Gasteiger partial charge in [-0.3, -0.25) is 0 Å². The van der Waals surface area contributed by atoms with Crippen LogP contribution in [0.5, 0.6) is 11.5 Å². The SMILES string of the molecule is C=CCOc1ccc(OC(=O)c2ccc(C3CCC4CC(C=C)CCC4C3)c(F)c2F)cc1F. The van der Waals surface area contributed by atoms with E-state index in [0.717, 1.165) is 44.6 Å². The first-order valence-corrected chi connectivity index (χ1v) is 11.8. The van der Waals surface area contributed by atoms with Gasteiger partial charge >= 0.3 is 5.97 Å². The molecule has 180 valence electrons. The molecular weight excluding hydrogens is 441 g/mol. The van der Waals surface area contributed by atoms with Crippen LogP contribution in [0, 0.1) is 35.2 Å². The van der Waals surface area contributed by atoms with Gasteiger partial charge in [0.2, 0.25) is 0 Å². The summed E-state index contributed by atoms with van der Waals surface area (Å²) >= 11 is 0. The van der Waals surface area contributed by atoms with Gasteiger partial charge in [0.1, 0.15) is 12.4 Å². The quantitative estimate of drug-likeness (QED) is 0.241. The van der Waals surface area contributed by atoms with Crippen LogP contribution in [0.25, 0.3) is 0 Å². The van der Waals surface area contributed by atoms with Crippen LogP contribution in [0.4, 0.5) is 13.2 Å². The van der Waals surface area contributed by atoms with Gasteiger partial charge < -0.3 is 9.47 Å². The molecule has 0 spiro atoms. The molecule has 0 amide bonds. The van der Waals surface area contributed by atoms with Crippen LogP contribution in [-0.2, 0) is 0 Å². The molecule has 0 heterocycles. The Morgan fingerprint density at radius 3 is 2.47 bits per heavy atom. The number of hydrogen-bond acceptors (Lipinski definition) is 3. The van der Waals surface area contributed by atoms with E-state index in [9.17, 15) is 13.6 Å². The van der Waals surface area contributed by atoms with Crippen molar-refractivity contribution in [3.8, 4) is 11.5 Å². The van der Waals surface area contributed by atoms with Crippen LogP contribution in [0.2, 0.25) is 0 Å². The lowest BCUT2D eigenvalue weighted by Crippen LogP contribution is -2.30. The Morgan fingerprint density at radius 2 is 1.74 bits per heavy atom. The second kappa shape index (κ2) is 10.5. The first-order chi connectivity index (χ1) is 16.4. The van der Waals surface area contributed by atoms with E-state index in [4.69, 9.17) is 9.47 Å². The number of halogens is 3. The van der Waals surface area contributed by atoms with Crippen molar-refractivity contribution in [3.63, 3.8) is 0 Å². The standard InChI is InChI=1S/C28H29F3O3/c1-3-13-33-25-12-9-21(16-24(25)29)34-28(32)23-11-10-22(26(30)27(23)31)20-8-7-18-14-17(4-2)5-6-19(18)15-20/h3-4,9-12,16-20H,1-2,5-8,13-15H2. The number of ether oxygens (including phenoxy) is 2. The molecule has 2 aliphatic rings. The second-order valence-corrected chi connectivity index (χ2v) is 9.25. The zero-order valence-electron chi connectivity index (χ0n) is 19.1. The van der Waals surface area contributed by atoms with Crippen LogP contribution >= 0.6 is 0 Å². The number of benzene rings is 2. The van der Waals surface area contributed by atoms with Gasteiger partial charge in [0.25, 0.3) is 0 Å². The normalized spacial score (nSPS) is 24.1.